The van der Waals surface area contributed by atoms with Crippen molar-refractivity contribution in [3.8, 4) is 0 Å². The molecule has 1 atom stereocenters. The van der Waals surface area contributed by atoms with Crippen molar-refractivity contribution in [1.29, 1.82) is 0 Å². The second-order valence-corrected chi connectivity index (χ2v) is 3.48. The normalized spacial score (nSPS) is 12.1. The van der Waals surface area contributed by atoms with Crippen LogP contribution in [0.25, 0.3) is 0 Å². The van der Waals surface area contributed by atoms with Crippen LogP contribution in [0.5, 0.6) is 0 Å². The molecule has 94 valence electrons. The first-order valence-corrected chi connectivity index (χ1v) is 5.69. The number of esters is 1. The quantitative estimate of drug-likeness (QED) is 0.327. The Labute approximate surface area is 97.6 Å². The molecule has 0 aromatic heterocycles. The van der Waals surface area contributed by atoms with E-state index < -0.39 is 5.97 Å². The summed E-state index contributed by atoms with van der Waals surface area (Å²) in [7, 11) is 0. The number of carbonyl (C=O) groups excluding carboxylic acids is 1. The highest BCUT2D eigenvalue weighted by molar-refractivity contribution is 5.81. The summed E-state index contributed by atoms with van der Waals surface area (Å²) in [6.07, 6.45) is 3.42. The largest absolute Gasteiger partial charge is 0.460 e. The van der Waals surface area contributed by atoms with Gasteiger partial charge in [0.1, 0.15) is 6.61 Å². The summed E-state index contributed by atoms with van der Waals surface area (Å²) in [4.78, 5) is 10.7. The van der Waals surface area contributed by atoms with Gasteiger partial charge in [-0.2, -0.15) is 0 Å². The lowest BCUT2D eigenvalue weighted by Gasteiger charge is -2.12. The topological polar surface area (TPSA) is 44.8 Å². The van der Waals surface area contributed by atoms with Crippen molar-refractivity contribution in [1.82, 2.24) is 0 Å². The van der Waals surface area contributed by atoms with Gasteiger partial charge in [0.15, 0.2) is 0 Å². The molecule has 1 unspecified atom stereocenters. The number of ether oxygens (including phenoxy) is 3. The summed E-state index contributed by atoms with van der Waals surface area (Å²) in [5.74, 6) is -0.421. The maximum atomic E-state index is 10.7. The molecular weight excluding hydrogens is 208 g/mol. The van der Waals surface area contributed by atoms with E-state index in [1.165, 1.54) is 0 Å². The smallest absolute Gasteiger partial charge is 0.330 e. The molecular formula is C12H22O4. The monoisotopic (exact) mass is 230 g/mol. The highest BCUT2D eigenvalue weighted by Crippen LogP contribution is 1.95. The third-order valence-electron chi connectivity index (χ3n) is 1.89. The molecule has 0 heterocycles. The van der Waals surface area contributed by atoms with Crippen molar-refractivity contribution in [3.05, 3.63) is 12.7 Å². The summed E-state index contributed by atoms with van der Waals surface area (Å²) in [5, 5.41) is 0. The molecule has 0 saturated heterocycles. The van der Waals surface area contributed by atoms with E-state index in [2.05, 4.69) is 13.5 Å². The molecule has 0 aliphatic heterocycles. The van der Waals surface area contributed by atoms with E-state index in [9.17, 15) is 4.79 Å². The highest BCUT2D eigenvalue weighted by Gasteiger charge is 2.02. The summed E-state index contributed by atoms with van der Waals surface area (Å²) in [6.45, 7) is 9.32. The van der Waals surface area contributed by atoms with Crippen molar-refractivity contribution in [2.45, 2.75) is 32.8 Å². The van der Waals surface area contributed by atoms with E-state index >= 15 is 0 Å². The van der Waals surface area contributed by atoms with Crippen molar-refractivity contribution in [3.63, 3.8) is 0 Å². The van der Waals surface area contributed by atoms with Crippen LogP contribution in [-0.4, -0.2) is 38.5 Å². The molecule has 0 aliphatic rings. The third-order valence-corrected chi connectivity index (χ3v) is 1.89. The minimum absolute atomic E-state index is 0.0849. The standard InChI is InChI=1S/C12H22O4/c1-4-6-7-15-11(3)10-14-8-9-16-12(13)5-2/h5,11H,2,4,6-10H2,1,3H3. The van der Waals surface area contributed by atoms with Gasteiger partial charge in [0.25, 0.3) is 0 Å². The average Bonchev–Trinajstić information content (AvgIpc) is 2.28. The second kappa shape index (κ2) is 10.6. The molecule has 0 fully saturated rings. The molecule has 0 aromatic carbocycles. The first kappa shape index (κ1) is 15.1. The molecule has 0 radical (unpaired) electrons. The van der Waals surface area contributed by atoms with Crippen molar-refractivity contribution < 1.29 is 19.0 Å². The van der Waals surface area contributed by atoms with Gasteiger partial charge in [-0.05, 0) is 13.3 Å². The second-order valence-electron chi connectivity index (χ2n) is 3.48. The fraction of sp³-hybridized carbons (Fsp3) is 0.750. The van der Waals surface area contributed by atoms with Crippen LogP contribution >= 0.6 is 0 Å². The molecule has 4 nitrogen and oxygen atoms in total. The van der Waals surface area contributed by atoms with E-state index in [1.807, 2.05) is 6.92 Å². The summed E-state index contributed by atoms with van der Waals surface area (Å²) >= 11 is 0. The number of unbranched alkanes of at least 4 members (excludes halogenated alkanes) is 1. The Morgan fingerprint density at radius 3 is 2.75 bits per heavy atom. The van der Waals surface area contributed by atoms with E-state index in [-0.39, 0.29) is 12.7 Å². The minimum Gasteiger partial charge on any atom is -0.460 e. The molecule has 0 amide bonds. The van der Waals surface area contributed by atoms with E-state index in [0.29, 0.717) is 13.2 Å². The minimum atomic E-state index is -0.421. The zero-order valence-corrected chi connectivity index (χ0v) is 10.2. The lowest BCUT2D eigenvalue weighted by atomic mass is 10.3. The molecule has 0 aromatic rings. The first-order valence-electron chi connectivity index (χ1n) is 5.69. The van der Waals surface area contributed by atoms with Crippen molar-refractivity contribution >= 4 is 5.97 Å². The Hall–Kier alpha value is -0.870. The van der Waals surface area contributed by atoms with Gasteiger partial charge in [-0.3, -0.25) is 0 Å². The lowest BCUT2D eigenvalue weighted by molar-refractivity contribution is -0.139. The van der Waals surface area contributed by atoms with Crippen LogP contribution < -0.4 is 0 Å². The molecule has 16 heavy (non-hydrogen) atoms. The molecule has 0 spiro atoms. The van der Waals surface area contributed by atoms with Crippen LogP contribution in [0.4, 0.5) is 0 Å². The Morgan fingerprint density at radius 1 is 1.38 bits per heavy atom. The summed E-state index contributed by atoms with van der Waals surface area (Å²) in [6, 6.07) is 0. The van der Waals surface area contributed by atoms with Gasteiger partial charge in [-0.25, -0.2) is 4.79 Å². The maximum Gasteiger partial charge on any atom is 0.330 e. The summed E-state index contributed by atoms with van der Waals surface area (Å²) < 4.78 is 15.5. The van der Waals surface area contributed by atoms with Crippen LogP contribution in [0.15, 0.2) is 12.7 Å². The van der Waals surface area contributed by atoms with Gasteiger partial charge < -0.3 is 14.2 Å². The van der Waals surface area contributed by atoms with Gasteiger partial charge in [0, 0.05) is 12.7 Å². The van der Waals surface area contributed by atoms with Gasteiger partial charge in [-0.1, -0.05) is 19.9 Å². The fourth-order valence-corrected chi connectivity index (χ4v) is 0.986. The van der Waals surface area contributed by atoms with Crippen LogP contribution in [0.3, 0.4) is 0 Å². The molecule has 0 aliphatic carbocycles. The number of carbonyl (C=O) groups is 1. The van der Waals surface area contributed by atoms with Gasteiger partial charge in [-0.15, -0.1) is 0 Å². The third kappa shape index (κ3) is 9.68. The van der Waals surface area contributed by atoms with Gasteiger partial charge in [0.2, 0.25) is 0 Å². The summed E-state index contributed by atoms with van der Waals surface area (Å²) in [5.41, 5.74) is 0. The fourth-order valence-electron chi connectivity index (χ4n) is 0.986. The molecule has 0 N–H and O–H groups in total. The molecule has 0 bridgehead atoms. The van der Waals surface area contributed by atoms with E-state index in [1.54, 1.807) is 0 Å². The van der Waals surface area contributed by atoms with Crippen LogP contribution in [0.2, 0.25) is 0 Å². The zero-order chi connectivity index (χ0) is 12.2. The van der Waals surface area contributed by atoms with Crippen LogP contribution in [0.1, 0.15) is 26.7 Å². The maximum absolute atomic E-state index is 10.7. The number of hydrogen-bond donors (Lipinski definition) is 0. The highest BCUT2D eigenvalue weighted by atomic mass is 16.6. The van der Waals surface area contributed by atoms with Gasteiger partial charge >= 0.3 is 5.97 Å². The molecule has 0 rings (SSSR count). The van der Waals surface area contributed by atoms with Crippen LogP contribution in [-0.2, 0) is 19.0 Å². The zero-order valence-electron chi connectivity index (χ0n) is 10.2. The SMILES string of the molecule is C=CC(=O)OCCOCC(C)OCCCC. The Kier molecular flexibility index (Phi) is 10.1. The predicted octanol–water partition coefficient (Wildman–Crippen LogP) is 1.94. The predicted molar refractivity (Wildman–Crippen MR) is 62.3 cm³/mol. The van der Waals surface area contributed by atoms with Crippen LogP contribution in [0, 0.1) is 0 Å². The molecule has 4 heteroatoms. The number of hydrogen-bond acceptors (Lipinski definition) is 4. The lowest BCUT2D eigenvalue weighted by Crippen LogP contribution is -2.19. The van der Waals surface area contributed by atoms with Gasteiger partial charge in [0.05, 0.1) is 19.3 Å². The Bertz CT molecular complexity index is 191. The van der Waals surface area contributed by atoms with Crippen molar-refractivity contribution in [2.24, 2.45) is 0 Å². The van der Waals surface area contributed by atoms with E-state index in [0.717, 1.165) is 25.5 Å². The van der Waals surface area contributed by atoms with Crippen molar-refractivity contribution in [2.75, 3.05) is 26.4 Å². The molecule has 0 saturated carbocycles. The average molecular weight is 230 g/mol. The van der Waals surface area contributed by atoms with E-state index in [4.69, 9.17) is 14.2 Å². The first-order chi connectivity index (χ1) is 7.70. The number of rotatable bonds is 10. The Morgan fingerprint density at radius 2 is 2.12 bits per heavy atom. The Balaban J connectivity index is 3.23.